The molecular weight excluding hydrogens is 355 g/mol. The molecule has 0 atom stereocenters. The molecule has 21 heavy (non-hydrogen) atoms. The number of halogens is 3. The first-order valence-corrected chi connectivity index (χ1v) is 7.92. The summed E-state index contributed by atoms with van der Waals surface area (Å²) in [5.41, 5.74) is 3.35. The number of rotatable bonds is 3. The van der Waals surface area contributed by atoms with Gasteiger partial charge in [0, 0.05) is 16.8 Å². The number of benzene rings is 2. The van der Waals surface area contributed by atoms with Gasteiger partial charge in [0.2, 0.25) is 0 Å². The van der Waals surface area contributed by atoms with Crippen LogP contribution in [0.25, 0.3) is 16.7 Å². The molecule has 0 unspecified atom stereocenters. The van der Waals surface area contributed by atoms with Crippen molar-refractivity contribution < 1.29 is 4.39 Å². The Morgan fingerprint density at radius 3 is 2.76 bits per heavy atom. The number of fused-ring (bicyclic) bond motifs is 1. The fourth-order valence-corrected chi connectivity index (χ4v) is 2.92. The minimum absolute atomic E-state index is 0.291. The molecule has 3 aromatic rings. The van der Waals surface area contributed by atoms with Crippen LogP contribution in [0, 0.1) is 12.7 Å². The smallest absolute Gasteiger partial charge is 0.148 e. The first-order valence-electron chi connectivity index (χ1n) is 6.59. The molecule has 0 bridgehead atoms. The first kappa shape index (κ1) is 14.5. The van der Waals surface area contributed by atoms with Crippen LogP contribution in [0.2, 0.25) is 0 Å². The van der Waals surface area contributed by atoms with E-state index >= 15 is 0 Å². The maximum absolute atomic E-state index is 14.4. The Morgan fingerprint density at radius 1 is 1.24 bits per heavy atom. The summed E-state index contributed by atoms with van der Waals surface area (Å²) < 4.78 is 16.9. The molecule has 0 fully saturated rings. The molecule has 3 rings (SSSR count). The lowest BCUT2D eigenvalue weighted by Crippen LogP contribution is -2.04. The number of aromatic nitrogens is 2. The van der Waals surface area contributed by atoms with Crippen molar-refractivity contribution in [3.05, 3.63) is 58.1 Å². The third-order valence-electron chi connectivity index (χ3n) is 3.35. The number of alkyl halides is 1. The van der Waals surface area contributed by atoms with Crippen molar-refractivity contribution in [3.63, 3.8) is 0 Å². The second-order valence-corrected chi connectivity index (χ2v) is 6.18. The average molecular weight is 368 g/mol. The van der Waals surface area contributed by atoms with Crippen LogP contribution in [0.5, 0.6) is 0 Å². The van der Waals surface area contributed by atoms with Gasteiger partial charge in [-0.1, -0.05) is 22.0 Å². The zero-order valence-corrected chi connectivity index (χ0v) is 13.7. The highest BCUT2D eigenvalue weighted by atomic mass is 79.9. The maximum Gasteiger partial charge on any atom is 0.148 e. The van der Waals surface area contributed by atoms with Crippen LogP contribution in [-0.2, 0) is 6.42 Å². The van der Waals surface area contributed by atoms with Gasteiger partial charge in [-0.2, -0.15) is 0 Å². The molecule has 1 heterocycles. The summed E-state index contributed by atoms with van der Waals surface area (Å²) in [7, 11) is 0. The van der Waals surface area contributed by atoms with E-state index in [4.69, 9.17) is 11.6 Å². The molecule has 0 radical (unpaired) electrons. The predicted molar refractivity (Wildman–Crippen MR) is 87.9 cm³/mol. The summed E-state index contributed by atoms with van der Waals surface area (Å²) in [5.74, 6) is 0.924. The van der Waals surface area contributed by atoms with Gasteiger partial charge >= 0.3 is 0 Å². The molecule has 0 aliphatic rings. The van der Waals surface area contributed by atoms with Crippen LogP contribution in [0.3, 0.4) is 0 Å². The highest BCUT2D eigenvalue weighted by Gasteiger charge is 2.15. The third kappa shape index (κ3) is 2.70. The normalized spacial score (nSPS) is 11.2. The van der Waals surface area contributed by atoms with Gasteiger partial charge < -0.3 is 0 Å². The fourth-order valence-electron chi connectivity index (χ4n) is 2.42. The van der Waals surface area contributed by atoms with Gasteiger partial charge in [0.1, 0.15) is 11.6 Å². The summed E-state index contributed by atoms with van der Waals surface area (Å²) in [6, 6.07) is 11.0. The standard InChI is InChI=1S/C16H13BrClFN2/c1-10-2-4-13-15(8-10)21(16(20-13)6-7-18)14-5-3-11(17)9-12(14)19/h2-5,8-9H,6-7H2,1H3. The van der Waals surface area contributed by atoms with Crippen molar-refractivity contribution >= 4 is 38.6 Å². The Bertz CT molecular complexity index is 813. The van der Waals surface area contributed by atoms with Crippen molar-refractivity contribution in [2.45, 2.75) is 13.3 Å². The van der Waals surface area contributed by atoms with Crippen LogP contribution in [0.15, 0.2) is 40.9 Å². The van der Waals surface area contributed by atoms with Gasteiger partial charge in [-0.3, -0.25) is 4.57 Å². The van der Waals surface area contributed by atoms with Gasteiger partial charge in [0.15, 0.2) is 0 Å². The molecule has 2 nitrogen and oxygen atoms in total. The van der Waals surface area contributed by atoms with E-state index in [2.05, 4.69) is 20.9 Å². The summed E-state index contributed by atoms with van der Waals surface area (Å²) >= 11 is 9.15. The lowest BCUT2D eigenvalue weighted by molar-refractivity contribution is 0.616. The Morgan fingerprint density at radius 2 is 2.05 bits per heavy atom. The Kier molecular flexibility index (Phi) is 4.00. The Hall–Kier alpha value is -1.39. The average Bonchev–Trinajstić information content (AvgIpc) is 2.77. The van der Waals surface area contributed by atoms with Gasteiger partial charge in [0.25, 0.3) is 0 Å². The molecule has 2 aromatic carbocycles. The van der Waals surface area contributed by atoms with E-state index in [9.17, 15) is 4.39 Å². The molecule has 0 saturated carbocycles. The van der Waals surface area contributed by atoms with Crippen molar-refractivity contribution in [2.75, 3.05) is 5.88 Å². The van der Waals surface area contributed by atoms with E-state index in [1.807, 2.05) is 35.8 Å². The molecule has 0 amide bonds. The molecular formula is C16H13BrClFN2. The summed E-state index contributed by atoms with van der Waals surface area (Å²) in [6.45, 7) is 2.01. The molecule has 5 heteroatoms. The lowest BCUT2D eigenvalue weighted by atomic mass is 10.2. The van der Waals surface area contributed by atoms with Gasteiger partial charge in [-0.05, 0) is 42.8 Å². The number of nitrogens with zero attached hydrogens (tertiary/aromatic N) is 2. The number of hydrogen-bond acceptors (Lipinski definition) is 1. The largest absolute Gasteiger partial charge is 0.293 e. The lowest BCUT2D eigenvalue weighted by Gasteiger charge is -2.10. The highest BCUT2D eigenvalue weighted by Crippen LogP contribution is 2.26. The van der Waals surface area contributed by atoms with E-state index in [-0.39, 0.29) is 5.82 Å². The zero-order chi connectivity index (χ0) is 15.0. The van der Waals surface area contributed by atoms with Gasteiger partial charge in [0.05, 0.1) is 16.7 Å². The van der Waals surface area contributed by atoms with Gasteiger partial charge in [-0.15, -0.1) is 11.6 Å². The third-order valence-corrected chi connectivity index (χ3v) is 4.03. The van der Waals surface area contributed by atoms with Crippen molar-refractivity contribution in [1.82, 2.24) is 9.55 Å². The van der Waals surface area contributed by atoms with Crippen molar-refractivity contribution in [3.8, 4) is 5.69 Å². The van der Waals surface area contributed by atoms with Crippen LogP contribution < -0.4 is 0 Å². The molecule has 1 aromatic heterocycles. The monoisotopic (exact) mass is 366 g/mol. The Labute approximate surface area is 135 Å². The van der Waals surface area contributed by atoms with Crippen LogP contribution in [-0.4, -0.2) is 15.4 Å². The minimum Gasteiger partial charge on any atom is -0.293 e. The van der Waals surface area contributed by atoms with Crippen molar-refractivity contribution in [1.29, 1.82) is 0 Å². The summed E-state index contributed by atoms with van der Waals surface area (Å²) in [4.78, 5) is 4.58. The molecule has 108 valence electrons. The van der Waals surface area contributed by atoms with E-state index in [1.54, 1.807) is 6.07 Å². The SMILES string of the molecule is Cc1ccc2nc(CCCl)n(-c3ccc(Br)cc3F)c2c1. The second kappa shape index (κ2) is 5.78. The van der Waals surface area contributed by atoms with Gasteiger partial charge in [-0.25, -0.2) is 9.37 Å². The Balaban J connectivity index is 2.32. The predicted octanol–water partition coefficient (Wildman–Crippen LogP) is 5.02. The molecule has 0 N–H and O–H groups in total. The molecule has 0 aliphatic heterocycles. The molecule has 0 aliphatic carbocycles. The van der Waals surface area contributed by atoms with Crippen molar-refractivity contribution in [2.24, 2.45) is 0 Å². The second-order valence-electron chi connectivity index (χ2n) is 4.89. The fraction of sp³-hybridized carbons (Fsp3) is 0.188. The topological polar surface area (TPSA) is 17.8 Å². The number of hydrogen-bond donors (Lipinski definition) is 0. The number of imidazole rings is 1. The van der Waals surface area contributed by atoms with E-state index in [0.29, 0.717) is 22.5 Å². The van der Waals surface area contributed by atoms with E-state index in [0.717, 1.165) is 22.4 Å². The van der Waals surface area contributed by atoms with E-state index < -0.39 is 0 Å². The first-order chi connectivity index (χ1) is 10.1. The summed E-state index contributed by atoms with van der Waals surface area (Å²) in [6.07, 6.45) is 0.588. The summed E-state index contributed by atoms with van der Waals surface area (Å²) in [5, 5.41) is 0. The molecule has 0 spiro atoms. The highest BCUT2D eigenvalue weighted by molar-refractivity contribution is 9.10. The quantitative estimate of drug-likeness (QED) is 0.595. The van der Waals surface area contributed by atoms with Crippen LogP contribution >= 0.6 is 27.5 Å². The maximum atomic E-state index is 14.4. The minimum atomic E-state index is -0.291. The van der Waals surface area contributed by atoms with Crippen LogP contribution in [0.1, 0.15) is 11.4 Å². The zero-order valence-electron chi connectivity index (χ0n) is 11.4. The van der Waals surface area contributed by atoms with E-state index in [1.165, 1.54) is 6.07 Å². The van der Waals surface area contributed by atoms with Crippen LogP contribution in [0.4, 0.5) is 4.39 Å². The molecule has 0 saturated heterocycles. The number of aryl methyl sites for hydroxylation is 2.